The molecule has 3 N–H and O–H groups in total. The molecule has 2 aromatic rings. The van der Waals surface area contributed by atoms with Crippen LogP contribution in [0.5, 0.6) is 0 Å². The minimum Gasteiger partial charge on any atom is -0.462 e. The highest BCUT2D eigenvalue weighted by Crippen LogP contribution is 2.28. The monoisotopic (exact) mass is 295 g/mol. The van der Waals surface area contributed by atoms with Crippen molar-refractivity contribution in [2.45, 2.75) is 13.8 Å². The second-order valence-corrected chi connectivity index (χ2v) is 5.04. The molecule has 5 nitrogen and oxygen atoms in total. The number of nitrogens with one attached hydrogen (secondary N) is 1. The molecule has 0 aliphatic rings. The number of nitrogens with zero attached hydrogens (tertiary/aromatic N) is 1. The van der Waals surface area contributed by atoms with Crippen molar-refractivity contribution in [3.05, 3.63) is 34.5 Å². The van der Waals surface area contributed by atoms with E-state index in [2.05, 4.69) is 10.3 Å². The summed E-state index contributed by atoms with van der Waals surface area (Å²) in [5.74, 6) is -0.723. The van der Waals surface area contributed by atoms with E-state index in [4.69, 9.17) is 10.5 Å². The van der Waals surface area contributed by atoms with Gasteiger partial charge in [0, 0.05) is 5.69 Å². The molecule has 106 valence electrons. The maximum atomic E-state index is 13.4. The van der Waals surface area contributed by atoms with Crippen LogP contribution in [0.1, 0.15) is 22.2 Å². The number of thiazole rings is 1. The van der Waals surface area contributed by atoms with Gasteiger partial charge in [-0.15, -0.1) is 0 Å². The minimum atomic E-state index is -0.509. The summed E-state index contributed by atoms with van der Waals surface area (Å²) in [6, 6.07) is 4.73. The fourth-order valence-corrected chi connectivity index (χ4v) is 2.32. The predicted molar refractivity (Wildman–Crippen MR) is 76.9 cm³/mol. The molecule has 0 bridgehead atoms. The Morgan fingerprint density at radius 2 is 2.30 bits per heavy atom. The summed E-state index contributed by atoms with van der Waals surface area (Å²) in [7, 11) is 0. The van der Waals surface area contributed by atoms with Gasteiger partial charge >= 0.3 is 5.97 Å². The van der Waals surface area contributed by atoms with Crippen molar-refractivity contribution in [2.24, 2.45) is 0 Å². The summed E-state index contributed by atoms with van der Waals surface area (Å²) in [5.41, 5.74) is 6.76. The zero-order chi connectivity index (χ0) is 14.7. The van der Waals surface area contributed by atoms with Gasteiger partial charge in [-0.1, -0.05) is 17.4 Å². The lowest BCUT2D eigenvalue weighted by Crippen LogP contribution is -2.05. The molecule has 0 atom stereocenters. The number of benzene rings is 1. The maximum absolute atomic E-state index is 13.4. The second-order valence-electron chi connectivity index (χ2n) is 4.04. The number of nitrogen functional groups attached to an aromatic ring is 1. The van der Waals surface area contributed by atoms with Crippen LogP contribution in [-0.4, -0.2) is 17.6 Å². The topological polar surface area (TPSA) is 77.2 Å². The van der Waals surface area contributed by atoms with Crippen molar-refractivity contribution in [1.82, 2.24) is 4.98 Å². The first-order valence-corrected chi connectivity index (χ1v) is 6.79. The van der Waals surface area contributed by atoms with Gasteiger partial charge < -0.3 is 15.8 Å². The van der Waals surface area contributed by atoms with Crippen molar-refractivity contribution >= 4 is 33.9 Å². The zero-order valence-corrected chi connectivity index (χ0v) is 11.9. The summed E-state index contributed by atoms with van der Waals surface area (Å²) < 4.78 is 18.3. The number of hydrogen-bond donors (Lipinski definition) is 2. The molecule has 2 rings (SSSR count). The highest BCUT2D eigenvalue weighted by molar-refractivity contribution is 7.18. The van der Waals surface area contributed by atoms with Gasteiger partial charge in [0.15, 0.2) is 15.8 Å². The lowest BCUT2D eigenvalue weighted by Gasteiger charge is -2.03. The fourth-order valence-electron chi connectivity index (χ4n) is 1.52. The number of rotatable bonds is 4. The first kappa shape index (κ1) is 14.3. The molecular weight excluding hydrogens is 281 g/mol. The van der Waals surface area contributed by atoms with Gasteiger partial charge in [0.2, 0.25) is 0 Å². The van der Waals surface area contributed by atoms with E-state index >= 15 is 0 Å². The summed E-state index contributed by atoms with van der Waals surface area (Å²) in [4.78, 5) is 15.9. The molecule has 0 unspecified atom stereocenters. The highest BCUT2D eigenvalue weighted by atomic mass is 32.1. The largest absolute Gasteiger partial charge is 0.462 e. The van der Waals surface area contributed by atoms with E-state index in [1.807, 2.05) is 0 Å². The van der Waals surface area contributed by atoms with E-state index in [1.54, 1.807) is 26.0 Å². The van der Waals surface area contributed by atoms with Gasteiger partial charge in [0.05, 0.1) is 6.61 Å². The van der Waals surface area contributed by atoms with Crippen molar-refractivity contribution in [3.8, 4) is 0 Å². The fraction of sp³-hybridized carbons (Fsp3) is 0.231. The number of aryl methyl sites for hydroxylation is 1. The molecule has 0 aliphatic heterocycles. The third kappa shape index (κ3) is 3.05. The first-order valence-electron chi connectivity index (χ1n) is 5.98. The molecule has 7 heteroatoms. The summed E-state index contributed by atoms with van der Waals surface area (Å²) in [6.45, 7) is 3.66. The standard InChI is InChI=1S/C13H14FN3O2S/c1-3-19-12(18)10-11(15)17-13(20-10)16-8-5-4-7(2)9(14)6-8/h4-6H,3,15H2,1-2H3,(H,16,17). The molecule has 0 saturated carbocycles. The lowest BCUT2D eigenvalue weighted by atomic mass is 10.2. The van der Waals surface area contributed by atoms with Gasteiger partial charge in [0.25, 0.3) is 0 Å². The zero-order valence-electron chi connectivity index (χ0n) is 11.1. The predicted octanol–water partition coefficient (Wildman–Crippen LogP) is 3.09. The molecule has 0 saturated heterocycles. The van der Waals surface area contributed by atoms with E-state index in [0.29, 0.717) is 16.4 Å². The number of carbonyl (C=O) groups is 1. The van der Waals surface area contributed by atoms with E-state index in [1.165, 1.54) is 6.07 Å². The Morgan fingerprint density at radius 3 is 2.95 bits per heavy atom. The van der Waals surface area contributed by atoms with Crippen molar-refractivity contribution in [1.29, 1.82) is 0 Å². The van der Waals surface area contributed by atoms with Crippen LogP contribution >= 0.6 is 11.3 Å². The van der Waals surface area contributed by atoms with Gasteiger partial charge in [-0.05, 0) is 31.5 Å². The number of carbonyl (C=O) groups excluding carboxylic acids is 1. The van der Waals surface area contributed by atoms with E-state index < -0.39 is 5.97 Å². The van der Waals surface area contributed by atoms with Gasteiger partial charge in [0.1, 0.15) is 5.82 Å². The smallest absolute Gasteiger partial charge is 0.352 e. The number of nitrogens with two attached hydrogens (primary N) is 1. The third-order valence-corrected chi connectivity index (χ3v) is 3.50. The maximum Gasteiger partial charge on any atom is 0.352 e. The summed E-state index contributed by atoms with van der Waals surface area (Å²) in [5, 5.41) is 3.32. The van der Waals surface area contributed by atoms with Crippen LogP contribution in [0.2, 0.25) is 0 Å². The molecule has 0 fully saturated rings. The average Bonchev–Trinajstić information content (AvgIpc) is 2.75. The highest BCUT2D eigenvalue weighted by Gasteiger charge is 2.17. The number of ether oxygens (including phenoxy) is 1. The van der Waals surface area contributed by atoms with E-state index in [9.17, 15) is 9.18 Å². The number of halogens is 1. The molecule has 1 aromatic heterocycles. The van der Waals surface area contributed by atoms with Crippen LogP contribution < -0.4 is 11.1 Å². The van der Waals surface area contributed by atoms with Crippen LogP contribution in [0.4, 0.5) is 21.0 Å². The molecule has 0 amide bonds. The third-order valence-electron chi connectivity index (χ3n) is 2.54. The summed E-state index contributed by atoms with van der Waals surface area (Å²) >= 11 is 1.07. The van der Waals surface area contributed by atoms with Crippen LogP contribution in [0.25, 0.3) is 0 Å². The lowest BCUT2D eigenvalue weighted by molar-refractivity contribution is 0.0533. The van der Waals surface area contributed by atoms with E-state index in [0.717, 1.165) is 11.3 Å². The normalized spacial score (nSPS) is 10.3. The Balaban J connectivity index is 2.20. The molecule has 0 aliphatic carbocycles. The number of hydrogen-bond acceptors (Lipinski definition) is 6. The Morgan fingerprint density at radius 1 is 1.55 bits per heavy atom. The van der Waals surface area contributed by atoms with Crippen LogP contribution in [0.15, 0.2) is 18.2 Å². The first-order chi connectivity index (χ1) is 9.51. The van der Waals surface area contributed by atoms with E-state index in [-0.39, 0.29) is 23.1 Å². The molecular formula is C13H14FN3O2S. The average molecular weight is 295 g/mol. The Labute approximate surface area is 119 Å². The van der Waals surface area contributed by atoms with Crippen molar-refractivity contribution < 1.29 is 13.9 Å². The van der Waals surface area contributed by atoms with Crippen LogP contribution in [-0.2, 0) is 4.74 Å². The molecule has 1 aromatic carbocycles. The Hall–Kier alpha value is -2.15. The molecule has 1 heterocycles. The van der Waals surface area contributed by atoms with Gasteiger partial charge in [-0.3, -0.25) is 0 Å². The SMILES string of the molecule is CCOC(=O)c1sc(Nc2ccc(C)c(F)c2)nc1N. The minimum absolute atomic E-state index is 0.100. The quantitative estimate of drug-likeness (QED) is 0.848. The van der Waals surface area contributed by atoms with Crippen LogP contribution in [0, 0.1) is 12.7 Å². The number of anilines is 3. The summed E-state index contributed by atoms with van der Waals surface area (Å²) in [6.07, 6.45) is 0. The van der Waals surface area contributed by atoms with Crippen molar-refractivity contribution in [2.75, 3.05) is 17.7 Å². The van der Waals surface area contributed by atoms with Crippen LogP contribution in [0.3, 0.4) is 0 Å². The molecule has 20 heavy (non-hydrogen) atoms. The van der Waals surface area contributed by atoms with Gasteiger partial charge in [-0.25, -0.2) is 14.2 Å². The van der Waals surface area contributed by atoms with Gasteiger partial charge in [-0.2, -0.15) is 0 Å². The Bertz CT molecular complexity index is 643. The van der Waals surface area contributed by atoms with Crippen molar-refractivity contribution in [3.63, 3.8) is 0 Å². The number of esters is 1. The molecule has 0 radical (unpaired) electrons. The second kappa shape index (κ2) is 5.87. The molecule has 0 spiro atoms. The Kier molecular flexibility index (Phi) is 4.19. The number of aromatic nitrogens is 1.